The molecule has 1 aromatic heterocycles. The molecule has 0 spiro atoms. The Bertz CT molecular complexity index is 729. The fourth-order valence-electron chi connectivity index (χ4n) is 2.96. The second-order valence-electron chi connectivity index (χ2n) is 6.18. The predicted octanol–water partition coefficient (Wildman–Crippen LogP) is 2.99. The summed E-state index contributed by atoms with van der Waals surface area (Å²) in [5, 5.41) is 4.82. The zero-order valence-electron chi connectivity index (χ0n) is 14.0. The first kappa shape index (κ1) is 16.8. The Hall–Kier alpha value is -2.01. The zero-order valence-corrected chi connectivity index (χ0v) is 14.8. The molecule has 0 saturated carbocycles. The number of hydrogen-bond donors (Lipinski definition) is 0. The lowest BCUT2D eigenvalue weighted by molar-refractivity contribution is -0.130. The molecule has 1 atom stereocenters. The van der Waals surface area contributed by atoms with Gasteiger partial charge in [0, 0.05) is 32.1 Å². The molecular formula is C18H22ClN3O2. The van der Waals surface area contributed by atoms with Gasteiger partial charge in [-0.15, -0.1) is 0 Å². The van der Waals surface area contributed by atoms with Crippen LogP contribution in [0.25, 0.3) is 0 Å². The van der Waals surface area contributed by atoms with Crippen molar-refractivity contribution in [1.29, 1.82) is 0 Å². The molecule has 0 bridgehead atoms. The van der Waals surface area contributed by atoms with Gasteiger partial charge < -0.3 is 9.64 Å². The molecule has 0 aliphatic carbocycles. The zero-order chi connectivity index (χ0) is 17.1. The maximum absolute atomic E-state index is 12.4. The molecule has 128 valence electrons. The Kier molecular flexibility index (Phi) is 5.09. The van der Waals surface area contributed by atoms with Crippen LogP contribution < -0.4 is 4.74 Å². The lowest BCUT2D eigenvalue weighted by Gasteiger charge is -2.17. The summed E-state index contributed by atoms with van der Waals surface area (Å²) in [6.45, 7) is 3.38. The topological polar surface area (TPSA) is 47.4 Å². The maximum Gasteiger partial charge on any atom is 0.223 e. The molecule has 6 heteroatoms. The van der Waals surface area contributed by atoms with Gasteiger partial charge in [-0.3, -0.25) is 9.48 Å². The SMILES string of the molecule is Cc1c(CCC(=O)N2CC[C@H](Oc3ccccc3Cl)C2)cnn1C. The lowest BCUT2D eigenvalue weighted by Crippen LogP contribution is -2.31. The van der Waals surface area contributed by atoms with Crippen LogP contribution >= 0.6 is 11.6 Å². The van der Waals surface area contributed by atoms with Crippen molar-refractivity contribution in [2.75, 3.05) is 13.1 Å². The highest BCUT2D eigenvalue weighted by Gasteiger charge is 2.27. The Morgan fingerprint density at radius 1 is 1.42 bits per heavy atom. The van der Waals surface area contributed by atoms with Crippen molar-refractivity contribution >= 4 is 17.5 Å². The fraction of sp³-hybridized carbons (Fsp3) is 0.444. The van der Waals surface area contributed by atoms with E-state index >= 15 is 0 Å². The molecule has 5 nitrogen and oxygen atoms in total. The smallest absolute Gasteiger partial charge is 0.223 e. The quantitative estimate of drug-likeness (QED) is 0.835. The summed E-state index contributed by atoms with van der Waals surface area (Å²) in [5.41, 5.74) is 2.25. The molecule has 1 aliphatic rings. The van der Waals surface area contributed by atoms with E-state index in [9.17, 15) is 4.79 Å². The second kappa shape index (κ2) is 7.26. The Balaban J connectivity index is 1.51. The number of carbonyl (C=O) groups is 1. The Morgan fingerprint density at radius 3 is 2.92 bits per heavy atom. The van der Waals surface area contributed by atoms with Crippen molar-refractivity contribution in [3.63, 3.8) is 0 Å². The van der Waals surface area contributed by atoms with Gasteiger partial charge >= 0.3 is 0 Å². The number of likely N-dealkylation sites (tertiary alicyclic amines) is 1. The van der Waals surface area contributed by atoms with Crippen LogP contribution in [0, 0.1) is 6.92 Å². The summed E-state index contributed by atoms with van der Waals surface area (Å²) in [5.74, 6) is 0.855. The highest BCUT2D eigenvalue weighted by atomic mass is 35.5. The monoisotopic (exact) mass is 347 g/mol. The van der Waals surface area contributed by atoms with Crippen molar-refractivity contribution < 1.29 is 9.53 Å². The maximum atomic E-state index is 12.4. The number of hydrogen-bond acceptors (Lipinski definition) is 3. The normalized spacial score (nSPS) is 17.3. The Labute approximate surface area is 147 Å². The van der Waals surface area contributed by atoms with Crippen LogP contribution in [0.4, 0.5) is 0 Å². The molecule has 1 fully saturated rings. The molecule has 0 radical (unpaired) electrons. The van der Waals surface area contributed by atoms with Crippen LogP contribution in [0.1, 0.15) is 24.1 Å². The summed E-state index contributed by atoms with van der Waals surface area (Å²) < 4.78 is 7.77. The molecular weight excluding hydrogens is 326 g/mol. The number of benzene rings is 1. The van der Waals surface area contributed by atoms with Crippen LogP contribution in [-0.4, -0.2) is 39.8 Å². The van der Waals surface area contributed by atoms with Crippen molar-refractivity contribution in [3.05, 3.63) is 46.7 Å². The fourth-order valence-corrected chi connectivity index (χ4v) is 3.14. The van der Waals surface area contributed by atoms with Crippen LogP contribution in [0.3, 0.4) is 0 Å². The number of amides is 1. The van der Waals surface area contributed by atoms with Crippen molar-refractivity contribution in [2.45, 2.75) is 32.3 Å². The standard InChI is InChI=1S/C18H22ClN3O2/c1-13-14(11-20-21(13)2)7-8-18(23)22-10-9-15(12-22)24-17-6-4-3-5-16(17)19/h3-6,11,15H,7-10,12H2,1-2H3/t15-/m0/s1. The minimum Gasteiger partial charge on any atom is -0.487 e. The van der Waals surface area contributed by atoms with Crippen molar-refractivity contribution in [3.8, 4) is 5.75 Å². The van der Waals surface area contributed by atoms with E-state index in [-0.39, 0.29) is 12.0 Å². The minimum atomic E-state index is 0.00831. The first-order chi connectivity index (χ1) is 11.5. The predicted molar refractivity (Wildman–Crippen MR) is 93.3 cm³/mol. The van der Waals surface area contributed by atoms with E-state index in [0.717, 1.165) is 30.6 Å². The average Bonchev–Trinajstić information content (AvgIpc) is 3.16. The van der Waals surface area contributed by atoms with Gasteiger partial charge in [0.25, 0.3) is 0 Å². The first-order valence-corrected chi connectivity index (χ1v) is 8.59. The van der Waals surface area contributed by atoms with Crippen LogP contribution in [0.5, 0.6) is 5.75 Å². The molecule has 2 aromatic rings. The third-order valence-corrected chi connectivity index (χ3v) is 4.89. The van der Waals surface area contributed by atoms with E-state index in [1.807, 2.05) is 54.0 Å². The highest BCUT2D eigenvalue weighted by molar-refractivity contribution is 6.32. The number of halogens is 1. The van der Waals surface area contributed by atoms with Crippen LogP contribution in [0.2, 0.25) is 5.02 Å². The van der Waals surface area contributed by atoms with E-state index in [1.54, 1.807) is 0 Å². The molecule has 1 amide bonds. The van der Waals surface area contributed by atoms with E-state index < -0.39 is 0 Å². The molecule has 1 aliphatic heterocycles. The molecule has 24 heavy (non-hydrogen) atoms. The largest absolute Gasteiger partial charge is 0.487 e. The molecule has 0 unspecified atom stereocenters. The van der Waals surface area contributed by atoms with Gasteiger partial charge in [0.2, 0.25) is 5.91 Å². The van der Waals surface area contributed by atoms with Gasteiger partial charge in [-0.05, 0) is 31.0 Å². The summed E-state index contributed by atoms with van der Waals surface area (Å²) >= 11 is 6.12. The third kappa shape index (κ3) is 3.73. The molecule has 0 N–H and O–H groups in total. The summed E-state index contributed by atoms with van der Waals surface area (Å²) in [6, 6.07) is 7.44. The second-order valence-corrected chi connectivity index (χ2v) is 6.58. The number of para-hydroxylation sites is 1. The van der Waals surface area contributed by atoms with Gasteiger partial charge in [-0.2, -0.15) is 5.10 Å². The lowest BCUT2D eigenvalue weighted by atomic mass is 10.1. The molecule has 3 rings (SSSR count). The number of aryl methyl sites for hydroxylation is 2. The minimum absolute atomic E-state index is 0.00831. The van der Waals surface area contributed by atoms with Gasteiger partial charge in [-0.1, -0.05) is 23.7 Å². The van der Waals surface area contributed by atoms with Crippen molar-refractivity contribution in [2.24, 2.45) is 7.05 Å². The van der Waals surface area contributed by atoms with E-state index in [0.29, 0.717) is 23.7 Å². The summed E-state index contributed by atoms with van der Waals surface area (Å²) in [6.07, 6.45) is 3.92. The molecule has 1 aromatic carbocycles. The number of nitrogens with zero attached hydrogens (tertiary/aromatic N) is 3. The summed E-state index contributed by atoms with van der Waals surface area (Å²) in [4.78, 5) is 14.3. The van der Waals surface area contributed by atoms with Crippen LogP contribution in [-0.2, 0) is 18.3 Å². The Morgan fingerprint density at radius 2 is 2.21 bits per heavy atom. The van der Waals surface area contributed by atoms with E-state index in [2.05, 4.69) is 5.10 Å². The number of carbonyl (C=O) groups excluding carboxylic acids is 1. The number of ether oxygens (including phenoxy) is 1. The van der Waals surface area contributed by atoms with Gasteiger partial charge in [0.15, 0.2) is 0 Å². The van der Waals surface area contributed by atoms with E-state index in [1.165, 1.54) is 0 Å². The van der Waals surface area contributed by atoms with Crippen molar-refractivity contribution in [1.82, 2.24) is 14.7 Å². The van der Waals surface area contributed by atoms with E-state index in [4.69, 9.17) is 16.3 Å². The average molecular weight is 348 g/mol. The number of rotatable bonds is 5. The van der Waals surface area contributed by atoms with Gasteiger partial charge in [0.05, 0.1) is 17.8 Å². The number of aromatic nitrogens is 2. The van der Waals surface area contributed by atoms with Gasteiger partial charge in [0.1, 0.15) is 11.9 Å². The van der Waals surface area contributed by atoms with Gasteiger partial charge in [-0.25, -0.2) is 0 Å². The third-order valence-electron chi connectivity index (χ3n) is 4.57. The van der Waals surface area contributed by atoms with Crippen LogP contribution in [0.15, 0.2) is 30.5 Å². The molecule has 1 saturated heterocycles. The first-order valence-electron chi connectivity index (χ1n) is 8.21. The molecule has 2 heterocycles. The summed E-state index contributed by atoms with van der Waals surface area (Å²) in [7, 11) is 1.91. The highest BCUT2D eigenvalue weighted by Crippen LogP contribution is 2.26.